The summed E-state index contributed by atoms with van der Waals surface area (Å²) >= 11 is 0. The molecule has 1 unspecified atom stereocenters. The summed E-state index contributed by atoms with van der Waals surface area (Å²) in [6, 6.07) is 9.00. The molecule has 7 nitrogen and oxygen atoms in total. The number of methoxy groups -OCH3 is 1. The average molecular weight is 450 g/mol. The summed E-state index contributed by atoms with van der Waals surface area (Å²) in [5.41, 5.74) is 5.17. The number of fused-ring (bicyclic) bond motifs is 4. The van der Waals surface area contributed by atoms with Gasteiger partial charge >= 0.3 is 5.97 Å². The highest BCUT2D eigenvalue weighted by Gasteiger charge is 2.31. The number of benzene rings is 2. The molecule has 0 amide bonds. The van der Waals surface area contributed by atoms with Crippen molar-refractivity contribution in [1.29, 1.82) is 0 Å². The smallest absolute Gasteiger partial charge is 0.323 e. The average Bonchev–Trinajstić information content (AvgIpc) is 3.30. The first-order valence-corrected chi connectivity index (χ1v) is 11.4. The van der Waals surface area contributed by atoms with E-state index in [1.807, 2.05) is 18.2 Å². The molecule has 7 heteroatoms. The molecule has 0 spiro atoms. The van der Waals surface area contributed by atoms with Crippen LogP contribution in [0, 0.1) is 5.92 Å². The maximum Gasteiger partial charge on any atom is 0.323 e. The molecular weight excluding hydrogens is 422 g/mol. The number of carbonyl (C=O) groups is 3. The van der Waals surface area contributed by atoms with Crippen LogP contribution in [0.4, 0.5) is 0 Å². The number of hydrogen-bond donors (Lipinski definition) is 1. The maximum absolute atomic E-state index is 12.7. The Morgan fingerprint density at radius 1 is 1.09 bits per heavy atom. The van der Waals surface area contributed by atoms with Crippen molar-refractivity contribution >= 4 is 17.5 Å². The molecule has 1 aliphatic carbocycles. The summed E-state index contributed by atoms with van der Waals surface area (Å²) in [7, 11) is 1.64. The van der Waals surface area contributed by atoms with Gasteiger partial charge in [0.25, 0.3) is 0 Å². The van der Waals surface area contributed by atoms with Crippen LogP contribution in [0.3, 0.4) is 0 Å². The number of rotatable bonds is 6. The Balaban J connectivity index is 1.27. The van der Waals surface area contributed by atoms with Gasteiger partial charge in [0.2, 0.25) is 0 Å². The molecule has 2 aromatic rings. The van der Waals surface area contributed by atoms with Gasteiger partial charge in [-0.05, 0) is 60.1 Å². The molecule has 2 heterocycles. The van der Waals surface area contributed by atoms with Crippen molar-refractivity contribution in [1.82, 2.24) is 5.32 Å². The minimum absolute atomic E-state index is 0.172. The molecule has 1 N–H and O–H groups in total. The summed E-state index contributed by atoms with van der Waals surface area (Å²) in [6.07, 6.45) is 2.98. The van der Waals surface area contributed by atoms with Gasteiger partial charge in [0, 0.05) is 36.8 Å². The van der Waals surface area contributed by atoms with E-state index < -0.39 is 12.0 Å². The molecule has 0 bridgehead atoms. The quantitative estimate of drug-likeness (QED) is 0.535. The highest BCUT2D eigenvalue weighted by molar-refractivity contribution is 6.01. The SMILES string of the molecule is COC[C@@H]1CNC(C(=O)OCC(=O)c2ccc3c(c2)COc2cc4c(cc2-3)CCCC4=O)C1. The summed E-state index contributed by atoms with van der Waals surface area (Å²) in [4.78, 5) is 37.3. The van der Waals surface area contributed by atoms with Crippen LogP contribution in [0.15, 0.2) is 30.3 Å². The van der Waals surface area contributed by atoms with Crippen LogP contribution < -0.4 is 10.1 Å². The number of esters is 1. The zero-order valence-corrected chi connectivity index (χ0v) is 18.6. The monoisotopic (exact) mass is 449 g/mol. The normalized spacial score (nSPS) is 20.9. The van der Waals surface area contributed by atoms with E-state index in [1.165, 1.54) is 0 Å². The van der Waals surface area contributed by atoms with Gasteiger partial charge in [0.15, 0.2) is 18.2 Å². The van der Waals surface area contributed by atoms with Crippen molar-refractivity contribution in [2.45, 2.75) is 38.3 Å². The molecule has 1 saturated heterocycles. The minimum Gasteiger partial charge on any atom is -0.488 e. The highest BCUT2D eigenvalue weighted by atomic mass is 16.5. The third kappa shape index (κ3) is 4.30. The standard InChI is InChI=1S/C26H27NO6/c1-31-12-15-7-22(27-11-15)26(30)33-14-24(29)17-5-6-19-18(8-17)13-32-25-10-20-16(9-21(19)25)3-2-4-23(20)28/h5-6,8-10,15,22,27H,2-4,7,11-14H2,1H3/t15-,22?/m0/s1. The maximum atomic E-state index is 12.7. The van der Waals surface area contributed by atoms with E-state index in [2.05, 4.69) is 11.4 Å². The van der Waals surface area contributed by atoms with Crippen LogP contribution >= 0.6 is 0 Å². The predicted octanol–water partition coefficient (Wildman–Crippen LogP) is 3.12. The second-order valence-corrected chi connectivity index (χ2v) is 8.99. The molecule has 33 heavy (non-hydrogen) atoms. The van der Waals surface area contributed by atoms with Gasteiger partial charge in [-0.25, -0.2) is 0 Å². The van der Waals surface area contributed by atoms with E-state index in [9.17, 15) is 14.4 Å². The van der Waals surface area contributed by atoms with Gasteiger partial charge < -0.3 is 19.5 Å². The van der Waals surface area contributed by atoms with Crippen LogP contribution in [0.1, 0.15) is 51.1 Å². The fraction of sp³-hybridized carbons (Fsp3) is 0.423. The van der Waals surface area contributed by atoms with Crippen LogP contribution in [0.5, 0.6) is 5.75 Å². The van der Waals surface area contributed by atoms with Crippen molar-refractivity contribution in [3.05, 3.63) is 52.6 Å². The van der Waals surface area contributed by atoms with Gasteiger partial charge in [-0.1, -0.05) is 12.1 Å². The number of Topliss-reactive ketones (excluding diaryl/α,β-unsaturated/α-hetero) is 2. The van der Waals surface area contributed by atoms with Gasteiger partial charge in [0.05, 0.1) is 6.61 Å². The van der Waals surface area contributed by atoms with E-state index in [1.54, 1.807) is 13.2 Å². The van der Waals surface area contributed by atoms with Gasteiger partial charge in [-0.15, -0.1) is 0 Å². The summed E-state index contributed by atoms with van der Waals surface area (Å²) < 4.78 is 16.4. The van der Waals surface area contributed by atoms with Crippen molar-refractivity contribution in [3.8, 4) is 16.9 Å². The fourth-order valence-electron chi connectivity index (χ4n) is 4.97. The zero-order valence-electron chi connectivity index (χ0n) is 18.6. The Labute approximate surface area is 192 Å². The molecule has 1 fully saturated rings. The predicted molar refractivity (Wildman–Crippen MR) is 121 cm³/mol. The van der Waals surface area contributed by atoms with Gasteiger partial charge in [-0.2, -0.15) is 0 Å². The summed E-state index contributed by atoms with van der Waals surface area (Å²) in [5.74, 6) is 0.498. The Bertz CT molecular complexity index is 1120. The van der Waals surface area contributed by atoms with Crippen molar-refractivity contribution in [2.75, 3.05) is 26.9 Å². The topological polar surface area (TPSA) is 90.9 Å². The number of carbonyl (C=O) groups excluding carboxylic acids is 3. The number of ether oxygens (including phenoxy) is 3. The Kier molecular flexibility index (Phi) is 6.00. The molecule has 172 valence electrons. The van der Waals surface area contributed by atoms with Crippen molar-refractivity contribution in [3.63, 3.8) is 0 Å². The summed E-state index contributed by atoms with van der Waals surface area (Å²) in [5, 5.41) is 3.13. The van der Waals surface area contributed by atoms with E-state index in [4.69, 9.17) is 14.2 Å². The lowest BCUT2D eigenvalue weighted by molar-refractivity contribution is -0.144. The largest absolute Gasteiger partial charge is 0.488 e. The highest BCUT2D eigenvalue weighted by Crippen LogP contribution is 2.41. The lowest BCUT2D eigenvalue weighted by Crippen LogP contribution is -2.33. The first kappa shape index (κ1) is 21.8. The fourth-order valence-corrected chi connectivity index (χ4v) is 4.97. The molecular formula is C26H27NO6. The summed E-state index contributed by atoms with van der Waals surface area (Å²) in [6.45, 7) is 1.32. The third-order valence-corrected chi connectivity index (χ3v) is 6.71. The van der Waals surface area contributed by atoms with E-state index in [-0.39, 0.29) is 24.1 Å². The minimum atomic E-state index is -0.406. The Morgan fingerprint density at radius 3 is 2.82 bits per heavy atom. The lowest BCUT2D eigenvalue weighted by Gasteiger charge is -2.25. The van der Waals surface area contributed by atoms with Crippen LogP contribution in [0.25, 0.3) is 11.1 Å². The van der Waals surface area contributed by atoms with E-state index in [0.717, 1.165) is 40.7 Å². The third-order valence-electron chi connectivity index (χ3n) is 6.71. The molecule has 5 rings (SSSR count). The second kappa shape index (κ2) is 9.08. The van der Waals surface area contributed by atoms with Crippen LogP contribution in [-0.2, 0) is 27.3 Å². The second-order valence-electron chi connectivity index (χ2n) is 8.99. The molecule has 2 aliphatic heterocycles. The van der Waals surface area contributed by atoms with E-state index >= 15 is 0 Å². The van der Waals surface area contributed by atoms with Gasteiger partial charge in [-0.3, -0.25) is 14.4 Å². The van der Waals surface area contributed by atoms with Crippen LogP contribution in [0.2, 0.25) is 0 Å². The molecule has 2 atom stereocenters. The number of ketones is 2. The van der Waals surface area contributed by atoms with Crippen molar-refractivity contribution < 1.29 is 28.6 Å². The molecule has 0 saturated carbocycles. The zero-order chi connectivity index (χ0) is 22.9. The molecule has 0 aromatic heterocycles. The molecule has 2 aromatic carbocycles. The van der Waals surface area contributed by atoms with Crippen LogP contribution in [-0.4, -0.2) is 50.4 Å². The molecule has 0 radical (unpaired) electrons. The number of aryl methyl sites for hydroxylation is 1. The Morgan fingerprint density at radius 2 is 1.97 bits per heavy atom. The first-order chi connectivity index (χ1) is 16.0. The van der Waals surface area contributed by atoms with Gasteiger partial charge in [0.1, 0.15) is 18.4 Å². The number of hydrogen-bond acceptors (Lipinski definition) is 7. The lowest BCUT2D eigenvalue weighted by atomic mass is 9.86. The molecule has 3 aliphatic rings. The van der Waals surface area contributed by atoms with Crippen molar-refractivity contribution in [2.24, 2.45) is 5.92 Å². The Hall–Kier alpha value is -3.03. The number of nitrogens with one attached hydrogen (secondary N) is 1. The van der Waals surface area contributed by atoms with E-state index in [0.29, 0.717) is 43.9 Å². The first-order valence-electron chi connectivity index (χ1n) is 11.4.